The zero-order chi connectivity index (χ0) is 9.91. The van der Waals surface area contributed by atoms with Crippen LogP contribution < -0.4 is 0 Å². The molecule has 74 valence electrons. The second-order valence-electron chi connectivity index (χ2n) is 5.15. The molecular weight excluding hydrogens is 230 g/mol. The summed E-state index contributed by atoms with van der Waals surface area (Å²) in [5, 5.41) is 12.4. The lowest BCUT2D eigenvalue weighted by molar-refractivity contribution is 0.210. The van der Waals surface area contributed by atoms with Crippen LogP contribution in [0, 0.1) is 10.8 Å². The Morgan fingerprint density at radius 2 is 1.92 bits per heavy atom. The summed E-state index contributed by atoms with van der Waals surface area (Å²) in [7, 11) is 0. The topological polar surface area (TPSA) is 32.6 Å². The molecule has 2 aliphatic carbocycles. The number of alkyl halides is 1. The molecule has 2 fully saturated rings. The highest BCUT2D eigenvalue weighted by Gasteiger charge is 2.67. The molecule has 2 rings (SSSR count). The molecule has 0 aromatic rings. The van der Waals surface area contributed by atoms with E-state index in [1.807, 2.05) is 0 Å². The third-order valence-electron chi connectivity index (χ3n) is 4.73. The zero-order valence-corrected chi connectivity index (χ0v) is 9.98. The van der Waals surface area contributed by atoms with Crippen molar-refractivity contribution in [1.82, 2.24) is 0 Å². The van der Waals surface area contributed by atoms with Gasteiger partial charge < -0.3 is 5.21 Å². The maximum atomic E-state index is 8.97. The second-order valence-corrected chi connectivity index (χ2v) is 6.66. The Morgan fingerprint density at radius 3 is 2.15 bits per heavy atom. The Bertz CT molecular complexity index is 287. The van der Waals surface area contributed by atoms with Gasteiger partial charge >= 0.3 is 0 Å². The fraction of sp³-hybridized carbons (Fsp3) is 0.900. The fourth-order valence-electron chi connectivity index (χ4n) is 2.99. The van der Waals surface area contributed by atoms with Gasteiger partial charge in [0.15, 0.2) is 0 Å². The molecule has 1 N–H and O–H groups in total. The first-order valence-electron chi connectivity index (χ1n) is 4.78. The Balaban J connectivity index is 2.55. The molecule has 0 aliphatic heterocycles. The first-order chi connectivity index (χ1) is 5.87. The van der Waals surface area contributed by atoms with Gasteiger partial charge in [-0.2, -0.15) is 0 Å². The van der Waals surface area contributed by atoms with Gasteiger partial charge in [-0.25, -0.2) is 0 Å². The first kappa shape index (κ1) is 9.50. The van der Waals surface area contributed by atoms with Gasteiger partial charge in [0.2, 0.25) is 0 Å². The van der Waals surface area contributed by atoms with Crippen molar-refractivity contribution in [3.05, 3.63) is 0 Å². The molecule has 2 aliphatic rings. The molecule has 2 bridgehead atoms. The number of fused-ring (bicyclic) bond motifs is 2. The van der Waals surface area contributed by atoms with E-state index in [0.29, 0.717) is 0 Å². The summed E-state index contributed by atoms with van der Waals surface area (Å²) < 4.78 is 0.163. The van der Waals surface area contributed by atoms with Crippen LogP contribution in [0.15, 0.2) is 5.16 Å². The van der Waals surface area contributed by atoms with E-state index in [0.717, 1.165) is 18.6 Å². The highest BCUT2D eigenvalue weighted by molar-refractivity contribution is 9.10. The van der Waals surface area contributed by atoms with Crippen LogP contribution in [0.2, 0.25) is 0 Å². The highest BCUT2D eigenvalue weighted by Crippen LogP contribution is 2.69. The van der Waals surface area contributed by atoms with E-state index in [4.69, 9.17) is 5.21 Å². The maximum Gasteiger partial charge on any atom is 0.0649 e. The third-order valence-corrected chi connectivity index (χ3v) is 6.39. The van der Waals surface area contributed by atoms with Crippen molar-refractivity contribution >= 4 is 21.6 Å². The fourth-order valence-corrected chi connectivity index (χ4v) is 3.89. The van der Waals surface area contributed by atoms with Crippen LogP contribution in [0.25, 0.3) is 0 Å². The van der Waals surface area contributed by atoms with Gasteiger partial charge in [-0.3, -0.25) is 0 Å². The predicted octanol–water partition coefficient (Wildman–Crippen LogP) is 3.18. The summed E-state index contributed by atoms with van der Waals surface area (Å²) in [5.41, 5.74) is 1.26. The van der Waals surface area contributed by atoms with Crippen LogP contribution >= 0.6 is 15.9 Å². The summed E-state index contributed by atoms with van der Waals surface area (Å²) in [6, 6.07) is 0. The van der Waals surface area contributed by atoms with E-state index in [1.165, 1.54) is 6.42 Å². The number of halogens is 1. The summed E-state index contributed by atoms with van der Waals surface area (Å²) in [6.45, 7) is 6.76. The molecule has 0 radical (unpaired) electrons. The molecule has 3 heteroatoms. The standard InChI is InChI=1S/C10H16BrNO/c1-8(2)9(3)4-5-10(8,11)6-7(9)12-13/h13H,4-6H2,1-3H3/b12-7+. The van der Waals surface area contributed by atoms with Gasteiger partial charge in [0, 0.05) is 16.2 Å². The lowest BCUT2D eigenvalue weighted by atomic mass is 9.70. The normalized spacial score (nSPS) is 50.3. The largest absolute Gasteiger partial charge is 0.411 e. The zero-order valence-electron chi connectivity index (χ0n) is 8.39. The van der Waals surface area contributed by atoms with Gasteiger partial charge in [-0.05, 0) is 18.3 Å². The molecule has 2 nitrogen and oxygen atoms in total. The maximum absolute atomic E-state index is 8.97. The van der Waals surface area contributed by atoms with Crippen LogP contribution in [0.3, 0.4) is 0 Å². The summed E-state index contributed by atoms with van der Waals surface area (Å²) in [5.74, 6) is 0. The summed E-state index contributed by atoms with van der Waals surface area (Å²) in [6.07, 6.45) is 3.22. The van der Waals surface area contributed by atoms with Crippen molar-refractivity contribution in [2.75, 3.05) is 0 Å². The molecule has 0 aromatic carbocycles. The Labute approximate surface area is 87.5 Å². The van der Waals surface area contributed by atoms with Gasteiger partial charge in [0.05, 0.1) is 5.71 Å². The molecule has 0 heterocycles. The molecular formula is C10H16BrNO. The van der Waals surface area contributed by atoms with E-state index in [1.54, 1.807) is 0 Å². The van der Waals surface area contributed by atoms with Crippen LogP contribution in [-0.2, 0) is 0 Å². The average Bonchev–Trinajstić information content (AvgIpc) is 2.32. The lowest BCUT2D eigenvalue weighted by Gasteiger charge is -2.36. The van der Waals surface area contributed by atoms with Crippen molar-refractivity contribution in [2.24, 2.45) is 16.0 Å². The number of rotatable bonds is 0. The van der Waals surface area contributed by atoms with E-state index in [9.17, 15) is 0 Å². The van der Waals surface area contributed by atoms with E-state index in [2.05, 4.69) is 41.9 Å². The molecule has 0 aromatic heterocycles. The Hall–Kier alpha value is -0.0500. The third kappa shape index (κ3) is 0.821. The molecule has 2 atom stereocenters. The highest BCUT2D eigenvalue weighted by atomic mass is 79.9. The predicted molar refractivity (Wildman–Crippen MR) is 56.6 cm³/mol. The summed E-state index contributed by atoms with van der Waals surface area (Å²) in [4.78, 5) is 0. The summed E-state index contributed by atoms with van der Waals surface area (Å²) >= 11 is 3.83. The number of hydrogen-bond acceptors (Lipinski definition) is 2. The van der Waals surface area contributed by atoms with Crippen molar-refractivity contribution in [3.8, 4) is 0 Å². The van der Waals surface area contributed by atoms with Gasteiger partial charge in [0.1, 0.15) is 0 Å². The quantitative estimate of drug-likeness (QED) is 0.397. The van der Waals surface area contributed by atoms with Crippen molar-refractivity contribution in [1.29, 1.82) is 0 Å². The molecule has 2 unspecified atom stereocenters. The molecule has 0 spiro atoms. The van der Waals surface area contributed by atoms with E-state index >= 15 is 0 Å². The SMILES string of the molecule is CC12CCC(Br)(C/C1=N\O)C2(C)C. The molecule has 0 amide bonds. The molecule has 2 saturated carbocycles. The second kappa shape index (κ2) is 2.30. The average molecular weight is 246 g/mol. The number of hydrogen-bond donors (Lipinski definition) is 1. The van der Waals surface area contributed by atoms with Gasteiger partial charge in [-0.15, -0.1) is 0 Å². The Kier molecular flexibility index (Phi) is 1.68. The Morgan fingerprint density at radius 1 is 1.31 bits per heavy atom. The van der Waals surface area contributed by atoms with Crippen LogP contribution in [0.1, 0.15) is 40.0 Å². The van der Waals surface area contributed by atoms with E-state index in [-0.39, 0.29) is 15.2 Å². The van der Waals surface area contributed by atoms with Crippen LogP contribution in [0.4, 0.5) is 0 Å². The van der Waals surface area contributed by atoms with Crippen molar-refractivity contribution in [3.63, 3.8) is 0 Å². The smallest absolute Gasteiger partial charge is 0.0649 e. The lowest BCUT2D eigenvalue weighted by Crippen LogP contribution is -2.36. The minimum Gasteiger partial charge on any atom is -0.411 e. The van der Waals surface area contributed by atoms with Crippen LogP contribution in [0.5, 0.6) is 0 Å². The van der Waals surface area contributed by atoms with Gasteiger partial charge in [-0.1, -0.05) is 41.9 Å². The minimum atomic E-state index is 0.0885. The van der Waals surface area contributed by atoms with E-state index < -0.39 is 0 Å². The minimum absolute atomic E-state index is 0.0885. The van der Waals surface area contributed by atoms with Crippen molar-refractivity contribution < 1.29 is 5.21 Å². The number of oxime groups is 1. The van der Waals surface area contributed by atoms with Crippen LogP contribution in [-0.4, -0.2) is 15.2 Å². The monoisotopic (exact) mass is 245 g/mol. The van der Waals surface area contributed by atoms with Gasteiger partial charge in [0.25, 0.3) is 0 Å². The number of nitrogens with zero attached hydrogens (tertiary/aromatic N) is 1. The first-order valence-corrected chi connectivity index (χ1v) is 5.57. The molecule has 13 heavy (non-hydrogen) atoms. The molecule has 0 saturated heterocycles. The van der Waals surface area contributed by atoms with Crippen molar-refractivity contribution in [2.45, 2.75) is 44.4 Å².